The van der Waals surface area contributed by atoms with E-state index < -0.39 is 0 Å². The van der Waals surface area contributed by atoms with Crippen LogP contribution in [0.15, 0.2) is 36.7 Å². The van der Waals surface area contributed by atoms with Gasteiger partial charge >= 0.3 is 0 Å². The highest BCUT2D eigenvalue weighted by molar-refractivity contribution is 5.40. The first-order valence-electron chi connectivity index (χ1n) is 7.31. The molecule has 1 unspecified atom stereocenters. The number of phenols is 1. The van der Waals surface area contributed by atoms with Crippen LogP contribution in [0.25, 0.3) is 0 Å². The Kier molecular flexibility index (Phi) is 4.31. The summed E-state index contributed by atoms with van der Waals surface area (Å²) < 4.78 is 5.59. The molecule has 2 aromatic rings. The highest BCUT2D eigenvalue weighted by Crippen LogP contribution is 2.29. The number of hydrogen-bond donors (Lipinski definition) is 2. The molecule has 1 aromatic heterocycles. The summed E-state index contributed by atoms with van der Waals surface area (Å²) in [6, 6.07) is 6.85. The van der Waals surface area contributed by atoms with E-state index in [-0.39, 0.29) is 5.75 Å². The number of hydrogen-bond acceptors (Lipinski definition) is 5. The Bertz CT molecular complexity index is 578. The van der Waals surface area contributed by atoms with Crippen molar-refractivity contribution in [3.05, 3.63) is 42.5 Å². The fourth-order valence-corrected chi connectivity index (χ4v) is 2.50. The van der Waals surface area contributed by atoms with Crippen LogP contribution < -0.4 is 10.1 Å². The molecule has 1 aromatic carbocycles. The Morgan fingerprint density at radius 1 is 1.14 bits per heavy atom. The molecular formula is C16H19N3O2. The number of para-hydroxylation sites is 2. The molecule has 1 atom stereocenters. The minimum Gasteiger partial charge on any atom is -0.504 e. The number of aromatic nitrogens is 2. The molecule has 1 aliphatic rings. The molecule has 5 nitrogen and oxygen atoms in total. The lowest BCUT2D eigenvalue weighted by atomic mass is 10.0. The number of rotatable bonds is 3. The van der Waals surface area contributed by atoms with E-state index in [0.717, 1.165) is 25.3 Å². The van der Waals surface area contributed by atoms with E-state index in [0.29, 0.717) is 17.4 Å². The number of aromatic hydroxyl groups is 1. The Morgan fingerprint density at radius 2 is 1.95 bits per heavy atom. The Hall–Kier alpha value is -2.14. The maximum absolute atomic E-state index is 9.69. The number of benzene rings is 1. The minimum absolute atomic E-state index is 0.106. The largest absolute Gasteiger partial charge is 0.504 e. The van der Waals surface area contributed by atoms with Crippen molar-refractivity contribution in [3.63, 3.8) is 0 Å². The Labute approximate surface area is 124 Å². The van der Waals surface area contributed by atoms with Crippen molar-refractivity contribution < 1.29 is 9.84 Å². The molecule has 1 saturated heterocycles. The van der Waals surface area contributed by atoms with E-state index in [4.69, 9.17) is 4.74 Å². The van der Waals surface area contributed by atoms with Crippen molar-refractivity contribution in [2.45, 2.75) is 25.2 Å². The van der Waals surface area contributed by atoms with Crippen LogP contribution in [-0.2, 0) is 0 Å². The molecule has 0 bridgehead atoms. The maximum atomic E-state index is 9.69. The van der Waals surface area contributed by atoms with E-state index in [1.54, 1.807) is 30.6 Å². The van der Waals surface area contributed by atoms with Gasteiger partial charge in [-0.25, -0.2) is 9.97 Å². The smallest absolute Gasteiger partial charge is 0.169 e. The van der Waals surface area contributed by atoms with Crippen LogP contribution in [0.4, 0.5) is 0 Å². The van der Waals surface area contributed by atoms with Gasteiger partial charge in [-0.05, 0) is 31.5 Å². The fourth-order valence-electron chi connectivity index (χ4n) is 2.50. The number of ether oxygens (including phenoxy) is 1. The van der Waals surface area contributed by atoms with Crippen LogP contribution >= 0.6 is 0 Å². The summed E-state index contributed by atoms with van der Waals surface area (Å²) in [5, 5.41) is 13.1. The Morgan fingerprint density at radius 3 is 2.76 bits per heavy atom. The second kappa shape index (κ2) is 6.54. The van der Waals surface area contributed by atoms with Crippen LogP contribution in [-0.4, -0.2) is 28.2 Å². The summed E-state index contributed by atoms with van der Waals surface area (Å²) in [7, 11) is 0. The van der Waals surface area contributed by atoms with E-state index in [1.807, 2.05) is 6.07 Å². The monoisotopic (exact) mass is 285 g/mol. The predicted octanol–water partition coefficient (Wildman–Crippen LogP) is 2.83. The molecule has 21 heavy (non-hydrogen) atoms. The molecule has 0 radical (unpaired) electrons. The van der Waals surface area contributed by atoms with E-state index in [9.17, 15) is 5.11 Å². The molecule has 1 fully saturated rings. The van der Waals surface area contributed by atoms with Gasteiger partial charge in [-0.1, -0.05) is 18.6 Å². The Balaban J connectivity index is 1.70. The molecule has 2 N–H and O–H groups in total. The van der Waals surface area contributed by atoms with Gasteiger partial charge in [0.15, 0.2) is 17.2 Å². The zero-order valence-corrected chi connectivity index (χ0v) is 11.8. The summed E-state index contributed by atoms with van der Waals surface area (Å²) >= 11 is 0. The van der Waals surface area contributed by atoms with Crippen molar-refractivity contribution >= 4 is 0 Å². The summed E-state index contributed by atoms with van der Waals surface area (Å²) in [5.41, 5.74) is 0. The van der Waals surface area contributed by atoms with E-state index >= 15 is 0 Å². The van der Waals surface area contributed by atoms with Crippen LogP contribution in [0, 0.1) is 0 Å². The lowest BCUT2D eigenvalue weighted by Gasteiger charge is -2.13. The maximum Gasteiger partial charge on any atom is 0.169 e. The third-order valence-electron chi connectivity index (χ3n) is 3.65. The second-order valence-electron chi connectivity index (χ2n) is 5.24. The van der Waals surface area contributed by atoms with Gasteiger partial charge in [0.25, 0.3) is 0 Å². The summed E-state index contributed by atoms with van der Waals surface area (Å²) in [6.07, 6.45) is 6.87. The molecular weight excluding hydrogens is 266 g/mol. The van der Waals surface area contributed by atoms with Crippen molar-refractivity contribution in [1.29, 1.82) is 0 Å². The van der Waals surface area contributed by atoms with Crippen molar-refractivity contribution in [3.8, 4) is 17.2 Å². The van der Waals surface area contributed by atoms with E-state index in [2.05, 4.69) is 15.3 Å². The normalized spacial score (nSPS) is 19.0. The molecule has 5 heteroatoms. The summed E-state index contributed by atoms with van der Waals surface area (Å²) in [6.45, 7) is 2.00. The van der Waals surface area contributed by atoms with Gasteiger partial charge in [0.05, 0.1) is 12.4 Å². The molecule has 3 rings (SSSR count). The minimum atomic E-state index is 0.106. The van der Waals surface area contributed by atoms with Gasteiger partial charge < -0.3 is 15.2 Å². The molecule has 0 spiro atoms. The molecule has 2 heterocycles. The first kappa shape index (κ1) is 13.8. The van der Waals surface area contributed by atoms with Crippen LogP contribution in [0.2, 0.25) is 0 Å². The van der Waals surface area contributed by atoms with Crippen LogP contribution in [0.3, 0.4) is 0 Å². The van der Waals surface area contributed by atoms with Crippen molar-refractivity contribution in [1.82, 2.24) is 15.3 Å². The molecule has 1 aliphatic heterocycles. The van der Waals surface area contributed by atoms with Crippen molar-refractivity contribution in [2.75, 3.05) is 13.1 Å². The SMILES string of the molecule is Oc1ccccc1Oc1cnc(C2CCCCNC2)nc1. The van der Waals surface area contributed by atoms with Gasteiger partial charge in [0, 0.05) is 12.5 Å². The molecule has 0 saturated carbocycles. The quantitative estimate of drug-likeness (QED) is 0.907. The van der Waals surface area contributed by atoms with Gasteiger partial charge in [0.1, 0.15) is 5.82 Å². The number of phenolic OH excluding ortho intramolecular Hbond substituents is 1. The number of nitrogens with zero attached hydrogens (tertiary/aromatic N) is 2. The lowest BCUT2D eigenvalue weighted by Crippen LogP contribution is -2.20. The topological polar surface area (TPSA) is 67.3 Å². The summed E-state index contributed by atoms with van der Waals surface area (Å²) in [4.78, 5) is 8.82. The molecule has 0 aliphatic carbocycles. The third-order valence-corrected chi connectivity index (χ3v) is 3.65. The average Bonchev–Trinajstić information content (AvgIpc) is 2.80. The zero-order chi connectivity index (χ0) is 14.5. The predicted molar refractivity (Wildman–Crippen MR) is 79.7 cm³/mol. The second-order valence-corrected chi connectivity index (χ2v) is 5.24. The van der Waals surface area contributed by atoms with Crippen LogP contribution in [0.1, 0.15) is 31.0 Å². The van der Waals surface area contributed by atoms with Gasteiger partial charge in [-0.2, -0.15) is 0 Å². The first-order chi connectivity index (χ1) is 10.3. The highest BCUT2D eigenvalue weighted by Gasteiger charge is 2.16. The fraction of sp³-hybridized carbons (Fsp3) is 0.375. The summed E-state index contributed by atoms with van der Waals surface area (Å²) in [5.74, 6) is 2.27. The number of nitrogens with one attached hydrogen (secondary N) is 1. The van der Waals surface area contributed by atoms with Crippen molar-refractivity contribution in [2.24, 2.45) is 0 Å². The zero-order valence-electron chi connectivity index (χ0n) is 11.8. The standard InChI is InChI=1S/C16H19N3O2/c20-14-6-1-2-7-15(14)21-13-10-18-16(19-11-13)12-5-3-4-8-17-9-12/h1-2,6-7,10-12,17,20H,3-5,8-9H2. The van der Waals surface area contributed by atoms with Gasteiger partial charge in [-0.15, -0.1) is 0 Å². The van der Waals surface area contributed by atoms with Gasteiger partial charge in [-0.3, -0.25) is 0 Å². The molecule has 110 valence electrons. The average molecular weight is 285 g/mol. The lowest BCUT2D eigenvalue weighted by molar-refractivity contribution is 0.408. The van der Waals surface area contributed by atoms with Crippen LogP contribution in [0.5, 0.6) is 17.2 Å². The third kappa shape index (κ3) is 3.49. The molecule has 0 amide bonds. The van der Waals surface area contributed by atoms with E-state index in [1.165, 1.54) is 12.8 Å². The highest BCUT2D eigenvalue weighted by atomic mass is 16.5. The van der Waals surface area contributed by atoms with Gasteiger partial charge in [0.2, 0.25) is 0 Å². The first-order valence-corrected chi connectivity index (χ1v) is 7.31.